The van der Waals surface area contributed by atoms with E-state index < -0.39 is 11.7 Å². The second-order valence-corrected chi connectivity index (χ2v) is 7.25. The van der Waals surface area contributed by atoms with Crippen LogP contribution in [0, 0.1) is 0 Å². The summed E-state index contributed by atoms with van der Waals surface area (Å²) in [5, 5.41) is 19.7. The molecule has 0 saturated heterocycles. The molecule has 2 aliphatic rings. The summed E-state index contributed by atoms with van der Waals surface area (Å²) in [7, 11) is 1.56. The average molecular weight is 368 g/mol. The summed E-state index contributed by atoms with van der Waals surface area (Å²) < 4.78 is 17.4. The number of methoxy groups -OCH3 is 1. The van der Waals surface area contributed by atoms with Crippen molar-refractivity contribution in [2.75, 3.05) is 7.11 Å². The number of ketones is 1. The van der Waals surface area contributed by atoms with Crippen molar-refractivity contribution >= 4 is 11.9 Å². The first kappa shape index (κ1) is 17.3. The van der Waals surface area contributed by atoms with Crippen LogP contribution in [0.1, 0.15) is 47.9 Å². The maximum Gasteiger partial charge on any atom is 0.174 e. The van der Waals surface area contributed by atoms with Gasteiger partial charge in [0.25, 0.3) is 0 Å². The topological polar surface area (TPSA) is 85.2 Å². The number of carbonyl (C=O) groups excluding carboxylic acids is 1. The highest BCUT2D eigenvalue weighted by Crippen LogP contribution is 2.45. The predicted molar refractivity (Wildman–Crippen MR) is 98.8 cm³/mol. The molecule has 0 radical (unpaired) electrons. The fraction of sp³-hybridized carbons (Fsp3) is 0.286. The zero-order chi connectivity index (χ0) is 19.3. The molecule has 0 fully saturated rings. The second-order valence-electron chi connectivity index (χ2n) is 7.25. The molecule has 0 bridgehead atoms. The standard InChI is InChI=1S/C21H20O6/c1-21(2)5-4-11-6-12(7-18(25-3)20(11)27-21)16-10-15(24)19-14(23)8-13(22)9-17(19)26-16/h4-9,16,22-23H,10H2,1-3H3/t16-/m0/s1. The minimum atomic E-state index is -0.561. The third-order valence-electron chi connectivity index (χ3n) is 4.71. The molecule has 27 heavy (non-hydrogen) atoms. The average Bonchev–Trinajstić information content (AvgIpc) is 2.59. The first-order valence-electron chi connectivity index (χ1n) is 8.63. The lowest BCUT2D eigenvalue weighted by atomic mass is 9.93. The van der Waals surface area contributed by atoms with E-state index in [1.165, 1.54) is 6.07 Å². The molecule has 2 aromatic carbocycles. The van der Waals surface area contributed by atoms with Gasteiger partial charge in [0, 0.05) is 17.7 Å². The molecule has 6 heteroatoms. The maximum atomic E-state index is 12.5. The van der Waals surface area contributed by atoms with Crippen molar-refractivity contribution in [3.8, 4) is 28.7 Å². The Kier molecular flexibility index (Phi) is 3.80. The van der Waals surface area contributed by atoms with Crippen LogP contribution >= 0.6 is 0 Å². The van der Waals surface area contributed by atoms with E-state index in [0.29, 0.717) is 11.5 Å². The number of phenols is 2. The Morgan fingerprint density at radius 3 is 2.70 bits per heavy atom. The number of ether oxygens (including phenoxy) is 3. The van der Waals surface area contributed by atoms with E-state index in [4.69, 9.17) is 14.2 Å². The summed E-state index contributed by atoms with van der Waals surface area (Å²) in [6.07, 6.45) is 3.43. The molecular weight excluding hydrogens is 348 g/mol. The largest absolute Gasteiger partial charge is 0.508 e. The van der Waals surface area contributed by atoms with Crippen molar-refractivity contribution in [1.29, 1.82) is 0 Å². The van der Waals surface area contributed by atoms with Crippen LogP contribution in [0.4, 0.5) is 0 Å². The molecule has 0 unspecified atom stereocenters. The van der Waals surface area contributed by atoms with Gasteiger partial charge in [-0.15, -0.1) is 0 Å². The van der Waals surface area contributed by atoms with E-state index in [1.54, 1.807) is 13.2 Å². The minimum absolute atomic E-state index is 0.0728. The molecule has 0 spiro atoms. The van der Waals surface area contributed by atoms with E-state index in [1.807, 2.05) is 32.1 Å². The number of benzene rings is 2. The number of rotatable bonds is 2. The first-order chi connectivity index (χ1) is 12.8. The van der Waals surface area contributed by atoms with Crippen molar-refractivity contribution in [1.82, 2.24) is 0 Å². The van der Waals surface area contributed by atoms with Gasteiger partial charge in [-0.1, -0.05) is 6.08 Å². The molecule has 140 valence electrons. The van der Waals surface area contributed by atoms with Gasteiger partial charge in [0.2, 0.25) is 0 Å². The molecule has 4 rings (SSSR count). The number of Topliss-reactive ketones (excluding diaryl/α,β-unsaturated/α-hetero) is 1. The Balaban J connectivity index is 1.76. The molecule has 0 aliphatic carbocycles. The van der Waals surface area contributed by atoms with E-state index in [0.717, 1.165) is 17.2 Å². The Morgan fingerprint density at radius 2 is 1.96 bits per heavy atom. The van der Waals surface area contributed by atoms with Crippen molar-refractivity contribution in [2.45, 2.75) is 32.0 Å². The fourth-order valence-electron chi connectivity index (χ4n) is 3.42. The number of hydrogen-bond acceptors (Lipinski definition) is 6. The third-order valence-corrected chi connectivity index (χ3v) is 4.71. The Morgan fingerprint density at radius 1 is 1.19 bits per heavy atom. The highest BCUT2D eigenvalue weighted by atomic mass is 16.5. The number of fused-ring (bicyclic) bond motifs is 2. The summed E-state index contributed by atoms with van der Waals surface area (Å²) in [5.74, 6) is 0.671. The third kappa shape index (κ3) is 2.97. The van der Waals surface area contributed by atoms with Gasteiger partial charge in [0.15, 0.2) is 17.3 Å². The number of aromatic hydroxyl groups is 2. The molecule has 2 aromatic rings. The SMILES string of the molecule is COc1cc([C@@H]2CC(=O)c3c(O)cc(O)cc3O2)cc2c1OC(C)(C)C=C2. The lowest BCUT2D eigenvalue weighted by Crippen LogP contribution is -2.28. The smallest absolute Gasteiger partial charge is 0.174 e. The molecule has 1 atom stereocenters. The summed E-state index contributed by atoms with van der Waals surface area (Å²) in [4.78, 5) is 12.5. The Labute approximate surface area is 156 Å². The van der Waals surface area contributed by atoms with Crippen LogP contribution in [0.3, 0.4) is 0 Å². The van der Waals surface area contributed by atoms with Gasteiger partial charge in [0.05, 0.1) is 13.5 Å². The van der Waals surface area contributed by atoms with Crippen LogP contribution in [-0.4, -0.2) is 28.7 Å². The van der Waals surface area contributed by atoms with E-state index in [-0.39, 0.29) is 35.0 Å². The monoisotopic (exact) mass is 368 g/mol. The van der Waals surface area contributed by atoms with E-state index in [9.17, 15) is 15.0 Å². The molecule has 0 amide bonds. The lowest BCUT2D eigenvalue weighted by molar-refractivity contribution is 0.0844. The van der Waals surface area contributed by atoms with Crippen LogP contribution in [0.2, 0.25) is 0 Å². The lowest BCUT2D eigenvalue weighted by Gasteiger charge is -2.31. The quantitative estimate of drug-likeness (QED) is 0.833. The molecule has 0 aromatic heterocycles. The predicted octanol–water partition coefficient (Wildman–Crippen LogP) is 4.00. The zero-order valence-corrected chi connectivity index (χ0v) is 15.3. The molecule has 2 aliphatic heterocycles. The number of carbonyl (C=O) groups is 1. The van der Waals surface area contributed by atoms with Crippen molar-refractivity contribution in [3.05, 3.63) is 47.0 Å². The molecule has 2 N–H and O–H groups in total. The van der Waals surface area contributed by atoms with Gasteiger partial charge in [0.1, 0.15) is 34.5 Å². The van der Waals surface area contributed by atoms with Crippen molar-refractivity contribution in [2.24, 2.45) is 0 Å². The highest BCUT2D eigenvalue weighted by Gasteiger charge is 2.33. The Bertz CT molecular complexity index is 973. The van der Waals surface area contributed by atoms with Crippen LogP contribution in [0.15, 0.2) is 30.3 Å². The summed E-state index contributed by atoms with van der Waals surface area (Å²) in [5.41, 5.74) is 1.25. The van der Waals surface area contributed by atoms with Gasteiger partial charge >= 0.3 is 0 Å². The van der Waals surface area contributed by atoms with Gasteiger partial charge in [-0.25, -0.2) is 0 Å². The second kappa shape index (κ2) is 5.94. The molecule has 2 heterocycles. The molecule has 6 nitrogen and oxygen atoms in total. The number of hydrogen-bond donors (Lipinski definition) is 2. The van der Waals surface area contributed by atoms with Crippen LogP contribution in [-0.2, 0) is 0 Å². The van der Waals surface area contributed by atoms with Gasteiger partial charge < -0.3 is 24.4 Å². The summed E-state index contributed by atoms with van der Waals surface area (Å²) in [6, 6.07) is 6.15. The van der Waals surface area contributed by atoms with E-state index >= 15 is 0 Å². The van der Waals surface area contributed by atoms with Crippen LogP contribution in [0.25, 0.3) is 6.08 Å². The van der Waals surface area contributed by atoms with Crippen molar-refractivity contribution < 1.29 is 29.2 Å². The minimum Gasteiger partial charge on any atom is -0.508 e. The molecular formula is C21H20O6. The highest BCUT2D eigenvalue weighted by molar-refractivity contribution is 6.02. The van der Waals surface area contributed by atoms with Gasteiger partial charge in [-0.05, 0) is 37.6 Å². The summed E-state index contributed by atoms with van der Waals surface area (Å²) >= 11 is 0. The number of phenolic OH excluding ortho intramolecular Hbond substituents is 2. The molecule has 0 saturated carbocycles. The Hall–Kier alpha value is -3.15. The first-order valence-corrected chi connectivity index (χ1v) is 8.63. The normalized spacial score (nSPS) is 19.5. The van der Waals surface area contributed by atoms with E-state index in [2.05, 4.69) is 0 Å². The van der Waals surface area contributed by atoms with Crippen LogP contribution < -0.4 is 14.2 Å². The van der Waals surface area contributed by atoms with Gasteiger partial charge in [-0.2, -0.15) is 0 Å². The summed E-state index contributed by atoms with van der Waals surface area (Å²) in [6.45, 7) is 3.91. The maximum absolute atomic E-state index is 12.5. The zero-order valence-electron chi connectivity index (χ0n) is 15.3. The fourth-order valence-corrected chi connectivity index (χ4v) is 3.42. The van der Waals surface area contributed by atoms with Gasteiger partial charge in [-0.3, -0.25) is 4.79 Å². The van der Waals surface area contributed by atoms with Crippen molar-refractivity contribution in [3.63, 3.8) is 0 Å². The van der Waals surface area contributed by atoms with Crippen LogP contribution in [0.5, 0.6) is 28.7 Å².